The lowest BCUT2D eigenvalue weighted by atomic mass is 10.1. The summed E-state index contributed by atoms with van der Waals surface area (Å²) in [6, 6.07) is 15.2. The van der Waals surface area contributed by atoms with E-state index in [1.807, 2.05) is 42.5 Å². The van der Waals surface area contributed by atoms with Crippen molar-refractivity contribution in [2.24, 2.45) is 4.99 Å². The van der Waals surface area contributed by atoms with Gasteiger partial charge in [0.2, 0.25) is 5.91 Å². The summed E-state index contributed by atoms with van der Waals surface area (Å²) in [6.45, 7) is 2.75. The average Bonchev–Trinajstić information content (AvgIpc) is 2.70. The van der Waals surface area contributed by atoms with E-state index in [2.05, 4.69) is 26.3 Å². The second-order valence-electron chi connectivity index (χ2n) is 6.26. The number of carbonyl (C=O) groups excluding carboxylic acids is 2. The molecule has 0 heterocycles. The van der Waals surface area contributed by atoms with Gasteiger partial charge in [0.05, 0.1) is 0 Å². The molecule has 4 N–H and O–H groups in total. The van der Waals surface area contributed by atoms with Gasteiger partial charge in [-0.15, -0.1) is 24.0 Å². The molecule has 0 unspecified atom stereocenters. The third kappa shape index (κ3) is 8.51. The number of hydrogen-bond acceptors (Lipinski definition) is 3. The predicted octanol–water partition coefficient (Wildman–Crippen LogP) is 2.53. The molecule has 0 aliphatic heterocycles. The number of carbonyl (C=O) groups is 2. The number of anilines is 1. The fourth-order valence-corrected chi connectivity index (χ4v) is 2.71. The summed E-state index contributed by atoms with van der Waals surface area (Å²) in [4.78, 5) is 27.1. The van der Waals surface area contributed by atoms with E-state index in [0.717, 1.165) is 23.2 Å². The molecular weight excluding hydrogens is 481 g/mol. The standard InChI is InChI=1S/C21H27N5O2.HI/c1-15(27)26-19-9-5-7-17(13-19)14-25-21(23-3)24-11-10-16-6-4-8-18(12-16)20(28)22-2;/h4-9,12-13H,10-11,14H2,1-3H3,(H,22,28)(H,26,27)(H2,23,24,25);1H. The van der Waals surface area contributed by atoms with Crippen LogP contribution < -0.4 is 21.3 Å². The molecule has 0 aliphatic carbocycles. The zero-order valence-electron chi connectivity index (χ0n) is 16.9. The molecule has 2 aromatic carbocycles. The summed E-state index contributed by atoms with van der Waals surface area (Å²) in [5.41, 5.74) is 3.53. The Labute approximate surface area is 188 Å². The summed E-state index contributed by atoms with van der Waals surface area (Å²) < 4.78 is 0. The minimum absolute atomic E-state index is 0. The van der Waals surface area contributed by atoms with Crippen LogP contribution in [-0.2, 0) is 17.8 Å². The van der Waals surface area contributed by atoms with Gasteiger partial charge < -0.3 is 21.3 Å². The van der Waals surface area contributed by atoms with Gasteiger partial charge in [-0.2, -0.15) is 0 Å². The fraction of sp³-hybridized carbons (Fsp3) is 0.286. The van der Waals surface area contributed by atoms with Gasteiger partial charge in [-0.25, -0.2) is 0 Å². The number of guanidine groups is 1. The van der Waals surface area contributed by atoms with Crippen molar-refractivity contribution in [2.45, 2.75) is 19.9 Å². The van der Waals surface area contributed by atoms with E-state index in [-0.39, 0.29) is 35.8 Å². The number of aliphatic imine (C=N–C) groups is 1. The number of rotatable bonds is 7. The molecule has 0 aromatic heterocycles. The first kappa shape index (κ1) is 24.4. The Balaban J connectivity index is 0.00000420. The molecule has 7 nitrogen and oxygen atoms in total. The monoisotopic (exact) mass is 509 g/mol. The van der Waals surface area contributed by atoms with Crippen LogP contribution in [0.2, 0.25) is 0 Å². The first-order valence-corrected chi connectivity index (χ1v) is 9.14. The normalized spacial score (nSPS) is 10.5. The first-order chi connectivity index (χ1) is 13.5. The SMILES string of the molecule is CN=C(NCCc1cccc(C(=O)NC)c1)NCc1cccc(NC(C)=O)c1.I. The zero-order valence-corrected chi connectivity index (χ0v) is 19.2. The summed E-state index contributed by atoms with van der Waals surface area (Å²) in [5.74, 6) is 0.504. The van der Waals surface area contributed by atoms with E-state index in [9.17, 15) is 9.59 Å². The summed E-state index contributed by atoms with van der Waals surface area (Å²) in [7, 11) is 3.34. The van der Waals surface area contributed by atoms with Crippen LogP contribution in [0.3, 0.4) is 0 Å². The fourth-order valence-electron chi connectivity index (χ4n) is 2.71. The van der Waals surface area contributed by atoms with Crippen molar-refractivity contribution in [3.8, 4) is 0 Å². The van der Waals surface area contributed by atoms with Crippen LogP contribution in [0.25, 0.3) is 0 Å². The number of halogens is 1. The Morgan fingerprint density at radius 2 is 1.72 bits per heavy atom. The van der Waals surface area contributed by atoms with Crippen LogP contribution in [0.1, 0.15) is 28.4 Å². The minimum Gasteiger partial charge on any atom is -0.356 e. The first-order valence-electron chi connectivity index (χ1n) is 9.14. The molecular formula is C21H28IN5O2. The number of hydrogen-bond donors (Lipinski definition) is 4. The second-order valence-corrected chi connectivity index (χ2v) is 6.26. The van der Waals surface area contributed by atoms with Crippen LogP contribution in [0.5, 0.6) is 0 Å². The minimum atomic E-state index is -0.0944. The average molecular weight is 509 g/mol. The quantitative estimate of drug-likeness (QED) is 0.262. The van der Waals surface area contributed by atoms with Gasteiger partial charge in [0.15, 0.2) is 5.96 Å². The van der Waals surface area contributed by atoms with Crippen LogP contribution in [0.15, 0.2) is 53.5 Å². The highest BCUT2D eigenvalue weighted by molar-refractivity contribution is 14.0. The van der Waals surface area contributed by atoms with E-state index >= 15 is 0 Å². The molecule has 0 aliphatic rings. The third-order valence-electron chi connectivity index (χ3n) is 4.05. The Kier molecular flexibility index (Phi) is 10.7. The van der Waals surface area contributed by atoms with E-state index in [1.165, 1.54) is 6.92 Å². The van der Waals surface area contributed by atoms with Gasteiger partial charge in [-0.1, -0.05) is 24.3 Å². The lowest BCUT2D eigenvalue weighted by molar-refractivity contribution is -0.114. The molecule has 0 saturated carbocycles. The molecule has 8 heteroatoms. The lowest BCUT2D eigenvalue weighted by Gasteiger charge is -2.13. The van der Waals surface area contributed by atoms with E-state index < -0.39 is 0 Å². The van der Waals surface area contributed by atoms with Gasteiger partial charge in [0, 0.05) is 45.4 Å². The van der Waals surface area contributed by atoms with Crippen molar-refractivity contribution in [1.29, 1.82) is 0 Å². The smallest absolute Gasteiger partial charge is 0.251 e. The topological polar surface area (TPSA) is 94.6 Å². The summed E-state index contributed by atoms with van der Waals surface area (Å²) in [5, 5.41) is 11.9. The molecule has 2 amide bonds. The van der Waals surface area contributed by atoms with E-state index in [1.54, 1.807) is 20.2 Å². The highest BCUT2D eigenvalue weighted by atomic mass is 127. The molecule has 2 rings (SSSR count). The molecule has 0 radical (unpaired) electrons. The van der Waals surface area contributed by atoms with Gasteiger partial charge in [0.25, 0.3) is 5.91 Å². The lowest BCUT2D eigenvalue weighted by Crippen LogP contribution is -2.37. The van der Waals surface area contributed by atoms with Gasteiger partial charge >= 0.3 is 0 Å². The second kappa shape index (κ2) is 12.8. The summed E-state index contributed by atoms with van der Waals surface area (Å²) in [6.07, 6.45) is 0.767. The van der Waals surface area contributed by atoms with E-state index in [4.69, 9.17) is 0 Å². The molecule has 29 heavy (non-hydrogen) atoms. The number of nitrogens with zero attached hydrogens (tertiary/aromatic N) is 1. The molecule has 156 valence electrons. The van der Waals surface area contributed by atoms with Gasteiger partial charge in [-0.3, -0.25) is 14.6 Å². The molecule has 0 atom stereocenters. The van der Waals surface area contributed by atoms with Crippen LogP contribution in [0, 0.1) is 0 Å². The van der Waals surface area contributed by atoms with Crippen molar-refractivity contribution in [3.05, 3.63) is 65.2 Å². The van der Waals surface area contributed by atoms with Crippen molar-refractivity contribution in [3.63, 3.8) is 0 Å². The molecule has 0 fully saturated rings. The number of benzene rings is 2. The highest BCUT2D eigenvalue weighted by Gasteiger charge is 2.04. The van der Waals surface area contributed by atoms with Crippen LogP contribution in [-0.4, -0.2) is 38.4 Å². The zero-order chi connectivity index (χ0) is 20.4. The van der Waals surface area contributed by atoms with Gasteiger partial charge in [-0.05, 0) is 41.8 Å². The maximum absolute atomic E-state index is 11.7. The Morgan fingerprint density at radius 1 is 1.00 bits per heavy atom. The van der Waals surface area contributed by atoms with Crippen LogP contribution >= 0.6 is 24.0 Å². The van der Waals surface area contributed by atoms with Crippen molar-refractivity contribution in [2.75, 3.05) is 26.0 Å². The molecule has 0 saturated heterocycles. The van der Waals surface area contributed by atoms with Crippen molar-refractivity contribution >= 4 is 47.4 Å². The Bertz CT molecular complexity index is 854. The highest BCUT2D eigenvalue weighted by Crippen LogP contribution is 2.10. The van der Waals surface area contributed by atoms with Gasteiger partial charge in [0.1, 0.15) is 0 Å². The van der Waals surface area contributed by atoms with E-state index in [0.29, 0.717) is 24.6 Å². The maximum Gasteiger partial charge on any atom is 0.251 e. The third-order valence-corrected chi connectivity index (χ3v) is 4.05. The predicted molar refractivity (Wildman–Crippen MR) is 128 cm³/mol. The van der Waals surface area contributed by atoms with Crippen molar-refractivity contribution in [1.82, 2.24) is 16.0 Å². The Morgan fingerprint density at radius 3 is 2.41 bits per heavy atom. The largest absolute Gasteiger partial charge is 0.356 e. The Hall–Kier alpha value is -2.62. The van der Waals surface area contributed by atoms with Crippen molar-refractivity contribution < 1.29 is 9.59 Å². The number of nitrogens with one attached hydrogen (secondary N) is 4. The summed E-state index contributed by atoms with van der Waals surface area (Å²) >= 11 is 0. The molecule has 0 bridgehead atoms. The molecule has 2 aromatic rings. The molecule has 0 spiro atoms. The number of amides is 2. The maximum atomic E-state index is 11.7. The van der Waals surface area contributed by atoms with Crippen LogP contribution in [0.4, 0.5) is 5.69 Å².